The first kappa shape index (κ1) is 18.0. The number of nitrogens with zero attached hydrogens (tertiary/aromatic N) is 1. The molecule has 0 aromatic carbocycles. The summed E-state index contributed by atoms with van der Waals surface area (Å²) in [6, 6.07) is 0. The lowest BCUT2D eigenvalue weighted by Crippen LogP contribution is -2.74. The van der Waals surface area contributed by atoms with E-state index in [0.717, 1.165) is 12.8 Å². The second kappa shape index (κ2) is 7.25. The largest absolute Gasteiger partial charge is 0.385 e. The van der Waals surface area contributed by atoms with Gasteiger partial charge in [0, 0.05) is 20.3 Å². The molecule has 122 valence electrons. The van der Waals surface area contributed by atoms with E-state index in [1.165, 1.54) is 0 Å². The molecule has 1 heterocycles. The molecule has 1 fully saturated rings. The molecule has 1 aliphatic heterocycles. The summed E-state index contributed by atoms with van der Waals surface area (Å²) >= 11 is 0. The Hall–Kier alpha value is -1.10. The third-order valence-corrected chi connectivity index (χ3v) is 4.97. The normalized spacial score (nSPS) is 25.1. The van der Waals surface area contributed by atoms with Crippen LogP contribution in [0.25, 0.3) is 0 Å². The topological polar surface area (TPSA) is 58.6 Å². The average molecular weight is 298 g/mol. The number of carbonyl (C=O) groups is 2. The maximum atomic E-state index is 13.0. The highest BCUT2D eigenvalue weighted by Gasteiger charge is 2.53. The number of ether oxygens (including phenoxy) is 1. The fourth-order valence-corrected chi connectivity index (χ4v) is 2.96. The van der Waals surface area contributed by atoms with E-state index in [1.807, 2.05) is 27.7 Å². The first-order valence-corrected chi connectivity index (χ1v) is 8.05. The van der Waals surface area contributed by atoms with Gasteiger partial charge in [-0.2, -0.15) is 0 Å². The van der Waals surface area contributed by atoms with Crippen LogP contribution in [0.5, 0.6) is 0 Å². The van der Waals surface area contributed by atoms with Gasteiger partial charge < -0.3 is 15.0 Å². The summed E-state index contributed by atoms with van der Waals surface area (Å²) in [5, 5.41) is 3.00. The minimum atomic E-state index is -0.738. The number of carbonyl (C=O) groups excluding carboxylic acids is 2. The van der Waals surface area contributed by atoms with Crippen molar-refractivity contribution in [3.05, 3.63) is 0 Å². The fraction of sp³-hybridized carbons (Fsp3) is 0.875. The van der Waals surface area contributed by atoms with Crippen LogP contribution in [0.1, 0.15) is 59.8 Å². The van der Waals surface area contributed by atoms with Crippen molar-refractivity contribution in [3.8, 4) is 0 Å². The van der Waals surface area contributed by atoms with Gasteiger partial charge in [-0.25, -0.2) is 0 Å². The summed E-state index contributed by atoms with van der Waals surface area (Å²) in [7, 11) is 1.68. The van der Waals surface area contributed by atoms with Crippen LogP contribution in [0, 0.1) is 0 Å². The molecular formula is C16H30N2O3. The van der Waals surface area contributed by atoms with Gasteiger partial charge in [-0.1, -0.05) is 20.8 Å². The van der Waals surface area contributed by atoms with Crippen molar-refractivity contribution < 1.29 is 14.3 Å². The molecule has 1 saturated heterocycles. The van der Waals surface area contributed by atoms with Gasteiger partial charge in [-0.05, 0) is 39.0 Å². The SMILES string of the molecule is CCC1(CC)NC(=O)C(C)(CC)N(CCCCOC)C1=O. The molecule has 1 unspecified atom stereocenters. The van der Waals surface area contributed by atoms with Crippen molar-refractivity contribution in [2.45, 2.75) is 70.9 Å². The molecule has 1 atom stereocenters. The van der Waals surface area contributed by atoms with Crippen LogP contribution in [0.3, 0.4) is 0 Å². The maximum Gasteiger partial charge on any atom is 0.249 e. The number of piperazine rings is 1. The van der Waals surface area contributed by atoms with Crippen molar-refractivity contribution >= 4 is 11.8 Å². The van der Waals surface area contributed by atoms with Gasteiger partial charge in [0.05, 0.1) is 0 Å². The van der Waals surface area contributed by atoms with Gasteiger partial charge in [0.2, 0.25) is 11.8 Å². The zero-order valence-electron chi connectivity index (χ0n) is 14.1. The lowest BCUT2D eigenvalue weighted by Gasteiger charge is -2.51. The van der Waals surface area contributed by atoms with Crippen molar-refractivity contribution in [2.75, 3.05) is 20.3 Å². The van der Waals surface area contributed by atoms with E-state index in [9.17, 15) is 9.59 Å². The first-order chi connectivity index (χ1) is 9.91. The van der Waals surface area contributed by atoms with Crippen molar-refractivity contribution in [2.24, 2.45) is 0 Å². The van der Waals surface area contributed by atoms with Crippen LogP contribution in [0.2, 0.25) is 0 Å². The third kappa shape index (κ3) is 3.23. The highest BCUT2D eigenvalue weighted by molar-refractivity contribution is 6.02. The number of hydrogen-bond donors (Lipinski definition) is 1. The van der Waals surface area contributed by atoms with Crippen molar-refractivity contribution in [1.82, 2.24) is 10.2 Å². The quantitative estimate of drug-likeness (QED) is 0.698. The van der Waals surface area contributed by atoms with Crippen molar-refractivity contribution in [1.29, 1.82) is 0 Å². The minimum absolute atomic E-state index is 0.0277. The van der Waals surface area contributed by atoms with Gasteiger partial charge >= 0.3 is 0 Å². The van der Waals surface area contributed by atoms with Gasteiger partial charge in [-0.3, -0.25) is 9.59 Å². The second-order valence-electron chi connectivity index (χ2n) is 6.03. The van der Waals surface area contributed by atoms with Crippen LogP contribution >= 0.6 is 0 Å². The van der Waals surface area contributed by atoms with E-state index in [4.69, 9.17) is 4.74 Å². The molecule has 0 aromatic rings. The number of hydrogen-bond acceptors (Lipinski definition) is 3. The molecule has 5 nitrogen and oxygen atoms in total. The first-order valence-electron chi connectivity index (χ1n) is 8.05. The van der Waals surface area contributed by atoms with Crippen LogP contribution in [0.15, 0.2) is 0 Å². The average Bonchev–Trinajstić information content (AvgIpc) is 2.50. The number of methoxy groups -OCH3 is 1. The Morgan fingerprint density at radius 2 is 1.71 bits per heavy atom. The van der Waals surface area contributed by atoms with Gasteiger partial charge in [-0.15, -0.1) is 0 Å². The smallest absolute Gasteiger partial charge is 0.249 e. The fourth-order valence-electron chi connectivity index (χ4n) is 2.96. The standard InChI is InChI=1S/C16H30N2O3/c1-6-15(4)13(19)17-16(7-2,8-3)14(20)18(15)11-9-10-12-21-5/h6-12H2,1-5H3,(H,17,19). The number of unbranched alkanes of at least 4 members (excludes halogenated alkanes) is 1. The molecule has 1 N–H and O–H groups in total. The predicted molar refractivity (Wildman–Crippen MR) is 83.0 cm³/mol. The molecule has 0 aliphatic carbocycles. The molecule has 0 aromatic heterocycles. The van der Waals surface area contributed by atoms with E-state index in [0.29, 0.717) is 32.4 Å². The lowest BCUT2D eigenvalue weighted by atomic mass is 9.81. The van der Waals surface area contributed by atoms with E-state index >= 15 is 0 Å². The van der Waals surface area contributed by atoms with Crippen LogP contribution in [-0.4, -0.2) is 48.1 Å². The predicted octanol–water partition coefficient (Wildman–Crippen LogP) is 2.10. The van der Waals surface area contributed by atoms with E-state index in [-0.39, 0.29) is 11.8 Å². The Morgan fingerprint density at radius 1 is 1.10 bits per heavy atom. The van der Waals surface area contributed by atoms with Crippen molar-refractivity contribution in [3.63, 3.8) is 0 Å². The molecule has 0 spiro atoms. The third-order valence-electron chi connectivity index (χ3n) is 4.97. The molecule has 21 heavy (non-hydrogen) atoms. The monoisotopic (exact) mass is 298 g/mol. The maximum absolute atomic E-state index is 13.0. The van der Waals surface area contributed by atoms with Crippen LogP contribution in [0.4, 0.5) is 0 Å². The summed E-state index contributed by atoms with van der Waals surface area (Å²) in [6.07, 6.45) is 3.63. The zero-order valence-corrected chi connectivity index (χ0v) is 14.1. The Labute approximate surface area is 128 Å². The Bertz CT molecular complexity index is 380. The molecule has 0 saturated carbocycles. The summed E-state index contributed by atoms with van der Waals surface area (Å²) in [6.45, 7) is 9.04. The van der Waals surface area contributed by atoms with E-state index in [1.54, 1.807) is 12.0 Å². The van der Waals surface area contributed by atoms with E-state index < -0.39 is 11.1 Å². The molecule has 5 heteroatoms. The molecular weight excluding hydrogens is 268 g/mol. The van der Waals surface area contributed by atoms with Gasteiger partial charge in [0.1, 0.15) is 11.1 Å². The zero-order chi connectivity index (χ0) is 16.1. The molecule has 2 amide bonds. The molecule has 0 bridgehead atoms. The van der Waals surface area contributed by atoms with Crippen LogP contribution in [-0.2, 0) is 14.3 Å². The number of nitrogens with one attached hydrogen (secondary N) is 1. The minimum Gasteiger partial charge on any atom is -0.385 e. The van der Waals surface area contributed by atoms with Gasteiger partial charge in [0.15, 0.2) is 0 Å². The molecule has 0 radical (unpaired) electrons. The molecule has 1 aliphatic rings. The summed E-state index contributed by atoms with van der Waals surface area (Å²) in [5.74, 6) is 0.0360. The number of rotatable bonds is 8. The van der Waals surface area contributed by atoms with Crippen LogP contribution < -0.4 is 5.32 Å². The second-order valence-corrected chi connectivity index (χ2v) is 6.03. The number of amides is 2. The highest BCUT2D eigenvalue weighted by atomic mass is 16.5. The Morgan fingerprint density at radius 3 is 2.19 bits per heavy atom. The Kier molecular flexibility index (Phi) is 6.20. The molecule has 1 rings (SSSR count). The summed E-state index contributed by atoms with van der Waals surface area (Å²) < 4.78 is 5.06. The highest BCUT2D eigenvalue weighted by Crippen LogP contribution is 2.32. The lowest BCUT2D eigenvalue weighted by molar-refractivity contribution is -0.163. The Balaban J connectivity index is 2.99. The summed E-state index contributed by atoms with van der Waals surface area (Å²) in [5.41, 5.74) is -1.47. The van der Waals surface area contributed by atoms with Gasteiger partial charge in [0.25, 0.3) is 0 Å². The summed E-state index contributed by atoms with van der Waals surface area (Å²) in [4.78, 5) is 27.4. The van der Waals surface area contributed by atoms with E-state index in [2.05, 4.69) is 5.32 Å².